The van der Waals surface area contributed by atoms with Gasteiger partial charge in [0.2, 0.25) is 0 Å². The molecule has 10 heteroatoms. The lowest BCUT2D eigenvalue weighted by molar-refractivity contribution is -0.134. The Kier molecular flexibility index (Phi) is 6.92. The average molecular weight is 413 g/mol. The number of carbonyl (C=O) groups is 1. The fraction of sp³-hybridized carbons (Fsp3) is 0.765. The highest BCUT2D eigenvalue weighted by atomic mass is 32.2. The van der Waals surface area contributed by atoms with Crippen molar-refractivity contribution in [2.24, 2.45) is 0 Å². The van der Waals surface area contributed by atoms with E-state index in [0.717, 1.165) is 0 Å². The Morgan fingerprint density at radius 3 is 2.30 bits per heavy atom. The van der Waals surface area contributed by atoms with E-state index in [-0.39, 0.29) is 12.2 Å². The van der Waals surface area contributed by atoms with Crippen LogP contribution in [-0.2, 0) is 26.5 Å². The summed E-state index contributed by atoms with van der Waals surface area (Å²) in [5.74, 6) is -1.31. The molecule has 6 nitrogen and oxygen atoms in total. The van der Waals surface area contributed by atoms with E-state index < -0.39 is 56.7 Å². The van der Waals surface area contributed by atoms with Crippen LogP contribution in [0.15, 0.2) is 10.6 Å². The first kappa shape index (κ1) is 23.6. The molecule has 0 aromatic carbocycles. The van der Waals surface area contributed by atoms with Gasteiger partial charge >= 0.3 is 6.18 Å². The van der Waals surface area contributed by atoms with E-state index in [1.54, 1.807) is 20.8 Å². The van der Waals surface area contributed by atoms with Gasteiger partial charge in [-0.1, -0.05) is 19.0 Å². The Labute approximate surface area is 157 Å². The Balaban J connectivity index is 2.87. The molecule has 1 aromatic rings. The maximum atomic E-state index is 12.5. The predicted octanol–water partition coefficient (Wildman–Crippen LogP) is 2.98. The van der Waals surface area contributed by atoms with Crippen LogP contribution in [0.3, 0.4) is 0 Å². The van der Waals surface area contributed by atoms with Crippen LogP contribution in [0, 0.1) is 0 Å². The molecule has 0 spiro atoms. The van der Waals surface area contributed by atoms with Gasteiger partial charge in [0.05, 0.1) is 24.0 Å². The van der Waals surface area contributed by atoms with E-state index in [1.807, 2.05) is 0 Å². The summed E-state index contributed by atoms with van der Waals surface area (Å²) in [6, 6.07) is 1.47. The van der Waals surface area contributed by atoms with Crippen molar-refractivity contribution in [1.82, 2.24) is 5.16 Å². The Morgan fingerprint density at radius 1 is 1.26 bits per heavy atom. The predicted molar refractivity (Wildman–Crippen MR) is 93.1 cm³/mol. The summed E-state index contributed by atoms with van der Waals surface area (Å²) >= 11 is 0. The van der Waals surface area contributed by atoms with Crippen LogP contribution in [0.4, 0.5) is 13.2 Å². The van der Waals surface area contributed by atoms with Gasteiger partial charge < -0.3 is 9.63 Å². The minimum Gasteiger partial charge on any atom is -0.392 e. The molecule has 0 bridgehead atoms. The number of aliphatic hydroxyl groups is 1. The monoisotopic (exact) mass is 413 g/mol. The van der Waals surface area contributed by atoms with E-state index in [1.165, 1.54) is 19.9 Å². The quantitative estimate of drug-likeness (QED) is 0.668. The van der Waals surface area contributed by atoms with Gasteiger partial charge in [-0.25, -0.2) is 8.42 Å². The lowest BCUT2D eigenvalue weighted by Gasteiger charge is -2.24. The van der Waals surface area contributed by atoms with E-state index in [9.17, 15) is 31.5 Å². The second kappa shape index (κ2) is 7.90. The molecule has 27 heavy (non-hydrogen) atoms. The molecule has 1 aromatic heterocycles. The van der Waals surface area contributed by atoms with Gasteiger partial charge in [-0.15, -0.1) is 0 Å². The first-order valence-electron chi connectivity index (χ1n) is 8.47. The molecule has 156 valence electrons. The lowest BCUT2D eigenvalue weighted by atomic mass is 9.84. The zero-order chi connectivity index (χ0) is 21.3. The number of ketones is 1. The molecule has 1 N–H and O–H groups in total. The van der Waals surface area contributed by atoms with E-state index in [2.05, 4.69) is 5.16 Å². The van der Waals surface area contributed by atoms with Crippen LogP contribution in [0.5, 0.6) is 0 Å². The average Bonchev–Trinajstić information content (AvgIpc) is 2.94. The third kappa shape index (κ3) is 5.78. The highest BCUT2D eigenvalue weighted by molar-refractivity contribution is 7.93. The summed E-state index contributed by atoms with van der Waals surface area (Å²) in [4.78, 5) is 12.5. The van der Waals surface area contributed by atoms with Crippen molar-refractivity contribution >= 4 is 15.6 Å². The summed E-state index contributed by atoms with van der Waals surface area (Å²) < 4.78 is 64.6. The number of Topliss-reactive ketones (excluding diaryl/α,β-unsaturated/α-hetero) is 1. The number of aromatic nitrogens is 1. The molecule has 0 radical (unpaired) electrons. The van der Waals surface area contributed by atoms with Crippen LogP contribution < -0.4 is 0 Å². The third-order valence-electron chi connectivity index (χ3n) is 4.92. The molecule has 1 atom stereocenters. The van der Waals surface area contributed by atoms with Crippen LogP contribution in [0.1, 0.15) is 58.9 Å². The number of halogens is 3. The van der Waals surface area contributed by atoms with E-state index in [0.29, 0.717) is 5.69 Å². The SMILES string of the molecule is C[C@@H](O)C(C)(C)c1cc(CC(=O)C(C)(C)S(=O)(=O)CCCC(F)(F)F)on1. The summed E-state index contributed by atoms with van der Waals surface area (Å²) in [5.41, 5.74) is -0.324. The van der Waals surface area contributed by atoms with Crippen LogP contribution in [-0.4, -0.2) is 47.2 Å². The summed E-state index contributed by atoms with van der Waals surface area (Å²) in [5, 5.41) is 13.6. The van der Waals surface area contributed by atoms with Gasteiger partial charge in [-0.2, -0.15) is 13.2 Å². The summed E-state index contributed by atoms with van der Waals surface area (Å²) in [7, 11) is -4.09. The molecule has 0 saturated carbocycles. The van der Waals surface area contributed by atoms with Gasteiger partial charge in [-0.05, 0) is 27.2 Å². The van der Waals surface area contributed by atoms with Crippen molar-refractivity contribution in [3.8, 4) is 0 Å². The van der Waals surface area contributed by atoms with Crippen molar-refractivity contribution in [2.75, 3.05) is 5.75 Å². The maximum Gasteiger partial charge on any atom is 0.389 e. The molecule has 0 fully saturated rings. The molecule has 0 amide bonds. The standard InChI is InChI=1S/C17H26F3NO5S/c1-11(22)15(2,3)13-9-12(26-21-13)10-14(23)16(4,5)27(24,25)8-6-7-17(18,19)20/h9,11,22H,6-8,10H2,1-5H3/t11-/m1/s1. The molecule has 0 unspecified atom stereocenters. The number of sulfone groups is 1. The first-order valence-corrected chi connectivity index (χ1v) is 10.1. The Hall–Kier alpha value is -1.42. The third-order valence-corrected chi connectivity index (χ3v) is 7.53. The molecular formula is C17H26F3NO5S. The maximum absolute atomic E-state index is 12.5. The molecule has 0 aliphatic carbocycles. The Morgan fingerprint density at radius 2 is 1.81 bits per heavy atom. The van der Waals surface area contributed by atoms with Gasteiger partial charge in [0.1, 0.15) is 10.5 Å². The molecule has 1 rings (SSSR count). The second-order valence-corrected chi connectivity index (χ2v) is 10.4. The normalized spacial score (nSPS) is 15.0. The van der Waals surface area contributed by atoms with Gasteiger partial charge in [0.15, 0.2) is 15.6 Å². The molecule has 0 aliphatic heterocycles. The van der Waals surface area contributed by atoms with Gasteiger partial charge in [0.25, 0.3) is 0 Å². The second-order valence-electron chi connectivity index (χ2n) is 7.72. The first-order chi connectivity index (χ1) is 12.0. The molecule has 0 aliphatic rings. The van der Waals surface area contributed by atoms with Crippen molar-refractivity contribution < 1.29 is 36.0 Å². The lowest BCUT2D eigenvalue weighted by Crippen LogP contribution is -2.43. The Bertz CT molecular complexity index is 764. The van der Waals surface area contributed by atoms with Gasteiger partial charge in [0, 0.05) is 17.9 Å². The number of rotatable bonds is 9. The summed E-state index contributed by atoms with van der Waals surface area (Å²) in [6.07, 6.45) is -7.38. The largest absolute Gasteiger partial charge is 0.392 e. The minimum atomic E-state index is -4.45. The minimum absolute atomic E-state index is 0.127. The number of nitrogens with zero attached hydrogens (tertiary/aromatic N) is 1. The van der Waals surface area contributed by atoms with Crippen molar-refractivity contribution in [3.63, 3.8) is 0 Å². The van der Waals surface area contributed by atoms with Crippen LogP contribution in [0.2, 0.25) is 0 Å². The van der Waals surface area contributed by atoms with Gasteiger partial charge in [-0.3, -0.25) is 4.79 Å². The number of carbonyl (C=O) groups excluding carboxylic acids is 1. The molecule has 1 heterocycles. The zero-order valence-corrected chi connectivity index (χ0v) is 16.9. The highest BCUT2D eigenvalue weighted by Crippen LogP contribution is 2.29. The number of aliphatic hydroxyl groups excluding tert-OH is 1. The highest BCUT2D eigenvalue weighted by Gasteiger charge is 2.42. The van der Waals surface area contributed by atoms with Crippen molar-refractivity contribution in [3.05, 3.63) is 17.5 Å². The van der Waals surface area contributed by atoms with Crippen LogP contribution >= 0.6 is 0 Å². The zero-order valence-electron chi connectivity index (χ0n) is 16.1. The fourth-order valence-corrected chi connectivity index (χ4v) is 3.63. The number of alkyl halides is 3. The summed E-state index contributed by atoms with van der Waals surface area (Å²) in [6.45, 7) is 7.40. The van der Waals surface area contributed by atoms with E-state index >= 15 is 0 Å². The van der Waals surface area contributed by atoms with Crippen LogP contribution in [0.25, 0.3) is 0 Å². The molecule has 0 saturated heterocycles. The topological polar surface area (TPSA) is 97.5 Å². The fourth-order valence-electron chi connectivity index (χ4n) is 2.18. The number of hydrogen-bond donors (Lipinski definition) is 1. The number of hydrogen-bond acceptors (Lipinski definition) is 6. The van der Waals surface area contributed by atoms with Crippen molar-refractivity contribution in [2.45, 2.75) is 76.3 Å². The van der Waals surface area contributed by atoms with Crippen molar-refractivity contribution in [1.29, 1.82) is 0 Å². The van der Waals surface area contributed by atoms with E-state index in [4.69, 9.17) is 4.52 Å². The smallest absolute Gasteiger partial charge is 0.389 e. The molecular weight excluding hydrogens is 387 g/mol.